The Morgan fingerprint density at radius 1 is 1.15 bits per heavy atom. The number of H-pyrrole nitrogens is 1. The third kappa shape index (κ3) is 6.31. The molecular formula is C10H17N5O15P3S+. The van der Waals surface area contributed by atoms with Crippen molar-refractivity contribution in [3.05, 3.63) is 16.7 Å². The van der Waals surface area contributed by atoms with E-state index in [9.17, 15) is 34.1 Å². The zero-order valence-corrected chi connectivity index (χ0v) is 19.6. The van der Waals surface area contributed by atoms with Gasteiger partial charge < -0.3 is 45.4 Å². The van der Waals surface area contributed by atoms with E-state index < -0.39 is 70.0 Å². The summed E-state index contributed by atoms with van der Waals surface area (Å²) in [5.41, 5.74) is 4.40. The number of aromatic nitrogens is 4. The summed E-state index contributed by atoms with van der Waals surface area (Å²) in [5, 5.41) is 30.8. The number of nitrogens with zero attached hydrogens (tertiary/aromatic N) is 3. The van der Waals surface area contributed by atoms with Crippen molar-refractivity contribution in [2.45, 2.75) is 30.8 Å². The van der Waals surface area contributed by atoms with Crippen molar-refractivity contribution in [1.29, 1.82) is 0 Å². The lowest BCUT2D eigenvalue weighted by molar-refractivity contribution is -0.148. The first-order valence-corrected chi connectivity index (χ1v) is 14.4. The van der Waals surface area contributed by atoms with Gasteiger partial charge in [0.1, 0.15) is 18.3 Å². The molecule has 20 nitrogen and oxygen atoms in total. The molecule has 2 aromatic heterocycles. The fourth-order valence-corrected chi connectivity index (χ4v) is 8.45. The molecule has 1 saturated heterocycles. The number of anilines is 1. The number of ether oxygens (including phenoxy) is 1. The summed E-state index contributed by atoms with van der Waals surface area (Å²) in [6.45, 7) is -5.22. The number of nitrogen functional groups attached to an aromatic ring is 1. The first-order valence-electron chi connectivity index (χ1n) is 8.42. The van der Waals surface area contributed by atoms with Gasteiger partial charge in [-0.15, -0.1) is 0 Å². The minimum Gasteiger partial charge on any atom is -0.387 e. The molecule has 1 fully saturated rings. The number of nitrogens with one attached hydrogen (secondary N) is 1. The molecule has 1 unspecified atom stereocenters. The molecule has 0 amide bonds. The number of hydrogen-bond acceptors (Lipinski definition) is 13. The van der Waals surface area contributed by atoms with E-state index in [1.54, 1.807) is 0 Å². The standard InChI is InChI=1S/C10H16N5O15P3S/c11-10-13-6-2(7(18)14-10)12-1-15(6)8-4(17)3(16)5(27-8)9(19)28-34-33(26,29-31(20,21)22)30-32(23,24)25/h1,3-5,8-9,16-17,19H,(H7-,11,13,14,18,20,21,22,23,24,25,26)/p+1/t3-,4+,5-,8+,9?/m0/s1. The maximum absolute atomic E-state index is 11.9. The highest BCUT2D eigenvalue weighted by Crippen LogP contribution is 2.66. The summed E-state index contributed by atoms with van der Waals surface area (Å²) in [5.74, 6) is -0.304. The van der Waals surface area contributed by atoms with E-state index in [0.717, 1.165) is 10.9 Å². The minimum atomic E-state index is -5.58. The molecular weight excluding hydrogens is 555 g/mol. The molecule has 0 bridgehead atoms. The number of aliphatic hydroxyl groups excluding tert-OH is 3. The van der Waals surface area contributed by atoms with Crippen LogP contribution >= 0.6 is 22.4 Å². The second-order valence-corrected chi connectivity index (χ2v) is 12.8. The van der Waals surface area contributed by atoms with Crippen molar-refractivity contribution in [1.82, 2.24) is 19.5 Å². The number of aliphatic hydroxyl groups is 3. The summed E-state index contributed by atoms with van der Waals surface area (Å²) < 4.78 is 40.6. The SMILES string of the molecule is Nc1nc2c(ncn2[C@@H]2O[C@H](C(O)O[S+]=P(O)(OP(=O)(O)O)OP(=O)(O)O)[C@@H](O)[C@H]2O)c(=O)[nH]1. The molecule has 0 aromatic carbocycles. The Balaban J connectivity index is 1.86. The normalized spacial score (nSPS) is 25.1. The average Bonchev–Trinajstić information content (AvgIpc) is 3.18. The van der Waals surface area contributed by atoms with Crippen LogP contribution in [0.5, 0.6) is 0 Å². The molecule has 2 aromatic rings. The first kappa shape index (κ1) is 27.4. The van der Waals surface area contributed by atoms with Gasteiger partial charge in [-0.3, -0.25) is 19.2 Å². The van der Waals surface area contributed by atoms with Crippen LogP contribution in [0.2, 0.25) is 0 Å². The molecule has 192 valence electrons. The number of fused-ring (bicyclic) bond motifs is 1. The molecule has 0 saturated carbocycles. The molecule has 0 radical (unpaired) electrons. The highest BCUT2D eigenvalue weighted by Gasteiger charge is 2.52. The summed E-state index contributed by atoms with van der Waals surface area (Å²) in [7, 11) is -11.2. The van der Waals surface area contributed by atoms with Crippen molar-refractivity contribution in [2.75, 3.05) is 5.73 Å². The number of aromatic amines is 1. The fourth-order valence-electron chi connectivity index (χ4n) is 2.74. The maximum atomic E-state index is 11.9. The Labute approximate surface area is 190 Å². The maximum Gasteiger partial charge on any atom is 0.583 e. The topological polar surface area (TPSA) is 322 Å². The van der Waals surface area contributed by atoms with Gasteiger partial charge in [0.25, 0.3) is 5.56 Å². The summed E-state index contributed by atoms with van der Waals surface area (Å²) >= 11 is -0.597. The van der Waals surface area contributed by atoms with Crippen LogP contribution in [0.1, 0.15) is 6.23 Å². The van der Waals surface area contributed by atoms with Gasteiger partial charge in [-0.05, 0) is 0 Å². The van der Waals surface area contributed by atoms with Gasteiger partial charge in [-0.2, -0.15) is 13.6 Å². The number of hydrogen-bond donors (Lipinski definition) is 10. The first-order chi connectivity index (χ1) is 15.5. The van der Waals surface area contributed by atoms with Gasteiger partial charge in [0, 0.05) is 0 Å². The monoisotopic (exact) mass is 572 g/mol. The molecule has 3 rings (SSSR count). The zero-order valence-electron chi connectivity index (χ0n) is 16.1. The predicted octanol–water partition coefficient (Wildman–Crippen LogP) is -3.46. The summed E-state index contributed by atoms with van der Waals surface area (Å²) in [6.07, 6.45) is -8.35. The second kappa shape index (κ2) is 9.68. The Morgan fingerprint density at radius 2 is 1.74 bits per heavy atom. The van der Waals surface area contributed by atoms with Crippen LogP contribution in [0.3, 0.4) is 0 Å². The van der Waals surface area contributed by atoms with Gasteiger partial charge in [0.2, 0.25) is 12.2 Å². The van der Waals surface area contributed by atoms with Crippen LogP contribution < -0.4 is 11.3 Å². The van der Waals surface area contributed by atoms with E-state index in [-0.39, 0.29) is 17.1 Å². The van der Waals surface area contributed by atoms with Gasteiger partial charge in [-0.25, -0.2) is 14.1 Å². The predicted molar refractivity (Wildman–Crippen MR) is 108 cm³/mol. The highest BCUT2D eigenvalue weighted by atomic mass is 32.5. The number of rotatable bonds is 8. The van der Waals surface area contributed by atoms with Crippen LogP contribution in [0, 0.1) is 0 Å². The van der Waals surface area contributed by atoms with E-state index in [2.05, 4.69) is 27.8 Å². The number of imidazole rings is 1. The quantitative estimate of drug-likeness (QED) is 0.0636. The van der Waals surface area contributed by atoms with Crippen molar-refractivity contribution < 1.29 is 66.5 Å². The van der Waals surface area contributed by atoms with E-state index in [1.807, 2.05) is 0 Å². The fraction of sp³-hybridized carbons (Fsp3) is 0.500. The number of nitrogens with two attached hydrogens (primary N) is 1. The molecule has 3 heterocycles. The van der Waals surface area contributed by atoms with E-state index >= 15 is 0 Å². The molecule has 0 aliphatic carbocycles. The zero-order chi connectivity index (χ0) is 25.6. The third-order valence-electron chi connectivity index (χ3n) is 3.94. The van der Waals surface area contributed by atoms with Crippen molar-refractivity contribution in [3.8, 4) is 0 Å². The average molecular weight is 572 g/mol. The van der Waals surface area contributed by atoms with Crippen LogP contribution in [0.4, 0.5) is 5.95 Å². The Bertz CT molecular complexity index is 1240. The van der Waals surface area contributed by atoms with E-state index in [4.69, 9.17) is 30.0 Å². The Hall–Kier alpha value is -1.22. The lowest BCUT2D eigenvalue weighted by Crippen LogP contribution is -2.39. The van der Waals surface area contributed by atoms with Gasteiger partial charge in [0.15, 0.2) is 17.4 Å². The lowest BCUT2D eigenvalue weighted by atomic mass is 10.1. The molecule has 0 spiro atoms. The van der Waals surface area contributed by atoms with Crippen LogP contribution in [0.15, 0.2) is 11.1 Å². The third-order valence-corrected chi connectivity index (χ3v) is 9.78. The highest BCUT2D eigenvalue weighted by molar-refractivity contribution is 8.16. The molecule has 1 aliphatic heterocycles. The molecule has 11 N–H and O–H groups in total. The van der Waals surface area contributed by atoms with Crippen molar-refractivity contribution >= 4 is 50.7 Å². The largest absolute Gasteiger partial charge is 0.583 e. The molecule has 1 aliphatic rings. The van der Waals surface area contributed by atoms with Crippen molar-refractivity contribution in [2.24, 2.45) is 0 Å². The number of phosphoric acid groups is 2. The van der Waals surface area contributed by atoms with Crippen LogP contribution in [-0.2, 0) is 37.9 Å². The lowest BCUT2D eigenvalue weighted by Gasteiger charge is -2.16. The molecule has 5 atom stereocenters. The summed E-state index contributed by atoms with van der Waals surface area (Å²) in [4.78, 5) is 67.0. The molecule has 24 heteroatoms. The Morgan fingerprint density at radius 3 is 2.29 bits per heavy atom. The van der Waals surface area contributed by atoms with E-state index in [1.165, 1.54) is 0 Å². The van der Waals surface area contributed by atoms with Crippen molar-refractivity contribution in [3.63, 3.8) is 0 Å². The van der Waals surface area contributed by atoms with Gasteiger partial charge >= 0.3 is 33.6 Å². The van der Waals surface area contributed by atoms with E-state index in [0.29, 0.717) is 0 Å². The summed E-state index contributed by atoms with van der Waals surface area (Å²) in [6, 6.07) is 0. The van der Waals surface area contributed by atoms with Crippen LogP contribution in [-0.4, -0.2) is 83.9 Å². The minimum absolute atomic E-state index is 0.159. The van der Waals surface area contributed by atoms with Gasteiger partial charge in [0.05, 0.1) is 6.33 Å². The molecule has 34 heavy (non-hydrogen) atoms. The van der Waals surface area contributed by atoms with Crippen LogP contribution in [0.25, 0.3) is 11.2 Å². The Kier molecular flexibility index (Phi) is 7.79. The van der Waals surface area contributed by atoms with Gasteiger partial charge in [-0.1, -0.05) is 4.18 Å². The second-order valence-electron chi connectivity index (χ2n) is 6.42. The smallest absolute Gasteiger partial charge is 0.387 e.